The summed E-state index contributed by atoms with van der Waals surface area (Å²) in [4.78, 5) is 10.7. The smallest absolute Gasteiger partial charge is 0.231 e. The zero-order chi connectivity index (χ0) is 12.5. The average Bonchev–Trinajstić information content (AvgIpc) is 2.98. The van der Waals surface area contributed by atoms with E-state index in [1.54, 1.807) is 0 Å². The van der Waals surface area contributed by atoms with Crippen LogP contribution < -0.4 is 4.90 Å². The van der Waals surface area contributed by atoms with Gasteiger partial charge in [-0.15, -0.1) is 0 Å². The number of halogens is 1. The Hall–Kier alpha value is -1.43. The number of aryl methyl sites for hydroxylation is 1. The summed E-state index contributed by atoms with van der Waals surface area (Å²) in [7, 11) is 0. The standard InChI is InChI=1S/C12H13BrN4O/c1-8-15-12(18-16-8)9-3-5-17(7-9)11-2-4-14-6-10(11)13/h2,4,6,9H,3,5,7H2,1H3. The molecule has 5 nitrogen and oxygen atoms in total. The van der Waals surface area contributed by atoms with Gasteiger partial charge in [-0.05, 0) is 35.3 Å². The minimum atomic E-state index is 0.325. The fourth-order valence-corrected chi connectivity index (χ4v) is 2.79. The van der Waals surface area contributed by atoms with Crippen LogP contribution in [0.2, 0.25) is 0 Å². The normalized spacial score (nSPS) is 19.4. The van der Waals surface area contributed by atoms with Gasteiger partial charge < -0.3 is 9.42 Å². The molecule has 0 saturated carbocycles. The molecule has 0 amide bonds. The van der Waals surface area contributed by atoms with E-state index in [0.29, 0.717) is 11.7 Å². The zero-order valence-electron chi connectivity index (χ0n) is 10.0. The van der Waals surface area contributed by atoms with E-state index in [9.17, 15) is 0 Å². The van der Waals surface area contributed by atoms with E-state index >= 15 is 0 Å². The lowest BCUT2D eigenvalue weighted by Gasteiger charge is -2.19. The predicted octanol–water partition coefficient (Wildman–Crippen LogP) is 2.53. The molecule has 3 rings (SSSR count). The molecule has 2 aromatic rings. The minimum absolute atomic E-state index is 0.325. The molecule has 1 saturated heterocycles. The van der Waals surface area contributed by atoms with E-state index in [0.717, 1.165) is 29.9 Å². The summed E-state index contributed by atoms with van der Waals surface area (Å²) in [6, 6.07) is 2.02. The summed E-state index contributed by atoms with van der Waals surface area (Å²) >= 11 is 3.53. The van der Waals surface area contributed by atoms with Gasteiger partial charge in [0.05, 0.1) is 16.1 Å². The monoisotopic (exact) mass is 308 g/mol. The number of anilines is 1. The summed E-state index contributed by atoms with van der Waals surface area (Å²) < 4.78 is 6.27. The average molecular weight is 309 g/mol. The molecule has 2 aromatic heterocycles. The maximum Gasteiger partial charge on any atom is 0.231 e. The SMILES string of the molecule is Cc1noc(C2CCN(c3ccncc3Br)C2)n1. The number of hydrogen-bond acceptors (Lipinski definition) is 5. The molecular formula is C12H13BrN4O. The van der Waals surface area contributed by atoms with E-state index in [1.807, 2.05) is 25.4 Å². The van der Waals surface area contributed by atoms with Crippen molar-refractivity contribution in [3.63, 3.8) is 0 Å². The van der Waals surface area contributed by atoms with E-state index in [4.69, 9.17) is 4.52 Å². The number of hydrogen-bond donors (Lipinski definition) is 0. The van der Waals surface area contributed by atoms with E-state index < -0.39 is 0 Å². The Kier molecular flexibility index (Phi) is 3.03. The minimum Gasteiger partial charge on any atom is -0.370 e. The number of nitrogens with zero attached hydrogens (tertiary/aromatic N) is 4. The first kappa shape index (κ1) is 11.6. The van der Waals surface area contributed by atoms with Crippen LogP contribution >= 0.6 is 15.9 Å². The van der Waals surface area contributed by atoms with Crippen LogP contribution in [0.15, 0.2) is 27.5 Å². The lowest BCUT2D eigenvalue weighted by molar-refractivity contribution is 0.356. The van der Waals surface area contributed by atoms with Crippen molar-refractivity contribution in [2.75, 3.05) is 18.0 Å². The molecule has 1 fully saturated rings. The van der Waals surface area contributed by atoms with Crippen molar-refractivity contribution in [3.05, 3.63) is 34.6 Å². The molecule has 0 spiro atoms. The predicted molar refractivity (Wildman–Crippen MR) is 70.5 cm³/mol. The summed E-state index contributed by atoms with van der Waals surface area (Å²) in [5.41, 5.74) is 1.17. The van der Waals surface area contributed by atoms with Crippen molar-refractivity contribution >= 4 is 21.6 Å². The molecule has 0 aromatic carbocycles. The second-order valence-corrected chi connectivity index (χ2v) is 5.29. The Morgan fingerprint density at radius 1 is 1.50 bits per heavy atom. The van der Waals surface area contributed by atoms with Gasteiger partial charge >= 0.3 is 0 Å². The van der Waals surface area contributed by atoms with E-state index in [1.165, 1.54) is 5.69 Å². The van der Waals surface area contributed by atoms with Crippen molar-refractivity contribution < 1.29 is 4.52 Å². The molecule has 3 heterocycles. The number of pyridine rings is 1. The van der Waals surface area contributed by atoms with Gasteiger partial charge in [0.2, 0.25) is 5.89 Å². The van der Waals surface area contributed by atoms with Gasteiger partial charge in [-0.2, -0.15) is 4.98 Å². The molecule has 1 atom stereocenters. The van der Waals surface area contributed by atoms with Crippen molar-refractivity contribution in [2.24, 2.45) is 0 Å². The highest BCUT2D eigenvalue weighted by Gasteiger charge is 2.28. The lowest BCUT2D eigenvalue weighted by Crippen LogP contribution is -2.19. The molecule has 1 aliphatic rings. The maximum atomic E-state index is 5.25. The zero-order valence-corrected chi connectivity index (χ0v) is 11.6. The quantitative estimate of drug-likeness (QED) is 0.853. The summed E-state index contributed by atoms with van der Waals surface area (Å²) in [5.74, 6) is 1.78. The topological polar surface area (TPSA) is 55.1 Å². The molecule has 0 N–H and O–H groups in total. The van der Waals surface area contributed by atoms with Crippen molar-refractivity contribution in [1.82, 2.24) is 15.1 Å². The van der Waals surface area contributed by atoms with Gasteiger partial charge in [-0.25, -0.2) is 0 Å². The number of aromatic nitrogens is 3. The molecule has 1 aliphatic heterocycles. The lowest BCUT2D eigenvalue weighted by atomic mass is 10.1. The van der Waals surface area contributed by atoms with Crippen LogP contribution in [-0.4, -0.2) is 28.2 Å². The molecule has 1 unspecified atom stereocenters. The third-order valence-corrected chi connectivity index (χ3v) is 3.78. The van der Waals surface area contributed by atoms with Crippen molar-refractivity contribution in [3.8, 4) is 0 Å². The Labute approximate surface area is 113 Å². The van der Waals surface area contributed by atoms with Crippen LogP contribution in [0.5, 0.6) is 0 Å². The highest BCUT2D eigenvalue weighted by molar-refractivity contribution is 9.10. The van der Waals surface area contributed by atoms with Crippen LogP contribution in [-0.2, 0) is 0 Å². The molecule has 18 heavy (non-hydrogen) atoms. The van der Waals surface area contributed by atoms with Crippen LogP contribution in [0.4, 0.5) is 5.69 Å². The van der Waals surface area contributed by atoms with Gasteiger partial charge in [0.1, 0.15) is 0 Å². The van der Waals surface area contributed by atoms with Gasteiger partial charge in [-0.3, -0.25) is 4.98 Å². The second kappa shape index (κ2) is 4.68. The third-order valence-electron chi connectivity index (χ3n) is 3.17. The fraction of sp³-hybridized carbons (Fsp3) is 0.417. The highest BCUT2D eigenvalue weighted by Crippen LogP contribution is 2.33. The first-order chi connectivity index (χ1) is 8.74. The van der Waals surface area contributed by atoms with Gasteiger partial charge in [-0.1, -0.05) is 5.16 Å². The summed E-state index contributed by atoms with van der Waals surface area (Å²) in [5, 5.41) is 3.85. The van der Waals surface area contributed by atoms with Crippen molar-refractivity contribution in [1.29, 1.82) is 0 Å². The molecule has 0 aliphatic carbocycles. The highest BCUT2D eigenvalue weighted by atomic mass is 79.9. The Morgan fingerprint density at radius 3 is 3.11 bits per heavy atom. The first-order valence-electron chi connectivity index (χ1n) is 5.88. The molecule has 0 radical (unpaired) electrons. The maximum absolute atomic E-state index is 5.25. The van der Waals surface area contributed by atoms with Gasteiger partial charge in [0.25, 0.3) is 0 Å². The Bertz CT molecular complexity index is 557. The van der Waals surface area contributed by atoms with E-state index in [2.05, 4.69) is 36.0 Å². The fourth-order valence-electron chi connectivity index (χ4n) is 2.28. The van der Waals surface area contributed by atoms with Crippen LogP contribution in [0.3, 0.4) is 0 Å². The molecule has 94 valence electrons. The Balaban J connectivity index is 1.78. The Morgan fingerprint density at radius 2 is 2.39 bits per heavy atom. The molecule has 6 heteroatoms. The van der Waals surface area contributed by atoms with Crippen LogP contribution in [0, 0.1) is 6.92 Å². The summed E-state index contributed by atoms with van der Waals surface area (Å²) in [6.45, 7) is 3.75. The van der Waals surface area contributed by atoms with Crippen LogP contribution in [0.1, 0.15) is 24.1 Å². The third kappa shape index (κ3) is 2.12. The molecular weight excluding hydrogens is 296 g/mol. The molecule has 0 bridgehead atoms. The first-order valence-corrected chi connectivity index (χ1v) is 6.68. The van der Waals surface area contributed by atoms with Crippen LogP contribution in [0.25, 0.3) is 0 Å². The largest absolute Gasteiger partial charge is 0.370 e. The van der Waals surface area contributed by atoms with Gasteiger partial charge in [0, 0.05) is 25.5 Å². The second-order valence-electron chi connectivity index (χ2n) is 4.44. The summed E-state index contributed by atoms with van der Waals surface area (Å²) in [6.07, 6.45) is 4.67. The van der Waals surface area contributed by atoms with Gasteiger partial charge in [0.15, 0.2) is 5.82 Å². The number of rotatable bonds is 2. The van der Waals surface area contributed by atoms with E-state index in [-0.39, 0.29) is 0 Å². The van der Waals surface area contributed by atoms with Crippen molar-refractivity contribution in [2.45, 2.75) is 19.3 Å².